The Labute approximate surface area is 175 Å². The van der Waals surface area contributed by atoms with Crippen molar-refractivity contribution in [3.8, 4) is 0 Å². The number of alkyl halides is 1. The Kier molecular flexibility index (Phi) is 7.46. The van der Waals surface area contributed by atoms with E-state index in [9.17, 15) is 13.2 Å². The van der Waals surface area contributed by atoms with E-state index in [0.717, 1.165) is 0 Å². The molecule has 1 amide bonds. The van der Waals surface area contributed by atoms with Crippen LogP contribution in [-0.2, 0) is 21.2 Å². The average molecular weight is 442 g/mol. The van der Waals surface area contributed by atoms with Gasteiger partial charge in [-0.3, -0.25) is 4.79 Å². The summed E-state index contributed by atoms with van der Waals surface area (Å²) in [6.45, 7) is 1.67. The lowest BCUT2D eigenvalue weighted by Gasteiger charge is -2.13. The molecule has 6 nitrogen and oxygen atoms in total. The first-order chi connectivity index (χ1) is 13.1. The first-order valence-corrected chi connectivity index (χ1v) is 10.6. The summed E-state index contributed by atoms with van der Waals surface area (Å²) in [5.41, 5.74) is 1.41. The highest BCUT2D eigenvalue weighted by atomic mass is 35.5. The van der Waals surface area contributed by atoms with E-state index in [0.29, 0.717) is 21.8 Å². The van der Waals surface area contributed by atoms with Gasteiger partial charge in [0.05, 0.1) is 16.7 Å². The van der Waals surface area contributed by atoms with E-state index >= 15 is 0 Å². The van der Waals surface area contributed by atoms with Gasteiger partial charge < -0.3 is 10.2 Å². The summed E-state index contributed by atoms with van der Waals surface area (Å²) in [7, 11) is -0.660. The van der Waals surface area contributed by atoms with Gasteiger partial charge in [-0.05, 0) is 36.2 Å². The van der Waals surface area contributed by atoms with Gasteiger partial charge in [-0.15, -0.1) is 16.0 Å². The minimum atomic E-state index is -3.98. The number of hydrogen-bond donors (Lipinski definition) is 1. The van der Waals surface area contributed by atoms with Crippen LogP contribution in [0, 0.1) is 0 Å². The Balaban J connectivity index is 2.32. The molecule has 0 saturated heterocycles. The molecule has 0 heterocycles. The molecule has 0 aliphatic rings. The normalized spacial score (nSPS) is 12.8. The highest BCUT2D eigenvalue weighted by molar-refractivity contribution is 7.90. The third-order valence-electron chi connectivity index (χ3n) is 3.73. The van der Waals surface area contributed by atoms with Crippen molar-refractivity contribution in [1.82, 2.24) is 4.90 Å². The van der Waals surface area contributed by atoms with Crippen molar-refractivity contribution in [1.29, 1.82) is 0 Å². The molecular formula is C19H21Cl2N3O3S. The fraction of sp³-hybridized carbons (Fsp3) is 0.263. The van der Waals surface area contributed by atoms with E-state index in [4.69, 9.17) is 23.2 Å². The summed E-state index contributed by atoms with van der Waals surface area (Å²) in [5.74, 6) is -0.320. The number of benzene rings is 2. The third-order valence-corrected chi connectivity index (χ3v) is 5.61. The molecule has 0 fully saturated rings. The van der Waals surface area contributed by atoms with Crippen molar-refractivity contribution < 1.29 is 13.2 Å². The minimum Gasteiger partial charge on any atom is -0.368 e. The number of anilines is 1. The largest absolute Gasteiger partial charge is 0.368 e. The van der Waals surface area contributed by atoms with Crippen LogP contribution < -0.4 is 5.32 Å². The van der Waals surface area contributed by atoms with E-state index in [1.807, 2.05) is 0 Å². The molecule has 2 aromatic carbocycles. The van der Waals surface area contributed by atoms with Gasteiger partial charge in [-0.2, -0.15) is 8.42 Å². The van der Waals surface area contributed by atoms with Crippen LogP contribution in [0.25, 0.3) is 0 Å². The van der Waals surface area contributed by atoms with Gasteiger partial charge in [0.2, 0.25) is 5.91 Å². The number of carbonyl (C=O) groups excluding carboxylic acids is 1. The quantitative estimate of drug-likeness (QED) is 0.398. The zero-order chi connectivity index (χ0) is 20.9. The third kappa shape index (κ3) is 5.95. The molecule has 2 rings (SSSR count). The second-order valence-corrected chi connectivity index (χ2v) is 9.01. The van der Waals surface area contributed by atoms with Crippen LogP contribution in [-0.4, -0.2) is 39.7 Å². The summed E-state index contributed by atoms with van der Waals surface area (Å²) in [5, 5.41) is 2.64. The molecule has 1 atom stereocenters. The number of rotatable bonds is 7. The van der Waals surface area contributed by atoms with Gasteiger partial charge in [0.15, 0.2) is 0 Å². The molecule has 150 valence electrons. The molecule has 0 aliphatic carbocycles. The zero-order valence-corrected chi connectivity index (χ0v) is 18.0. The Morgan fingerprint density at radius 3 is 2.54 bits per heavy atom. The Morgan fingerprint density at radius 2 is 1.93 bits per heavy atom. The molecule has 0 radical (unpaired) electrons. The molecule has 1 N–H and O–H groups in total. The number of nitrogens with one attached hydrogen (secondary N) is 1. The number of halogens is 2. The first kappa shape index (κ1) is 22.2. The van der Waals surface area contributed by atoms with E-state index in [-0.39, 0.29) is 17.2 Å². The maximum Gasteiger partial charge on any atom is 0.284 e. The summed E-state index contributed by atoms with van der Waals surface area (Å²) in [6.07, 6.45) is 1.26. The number of nitrogens with zero attached hydrogens (tertiary/aromatic N) is 2. The van der Waals surface area contributed by atoms with Crippen LogP contribution in [0.15, 0.2) is 51.8 Å². The highest BCUT2D eigenvalue weighted by Crippen LogP contribution is 2.30. The van der Waals surface area contributed by atoms with Crippen molar-refractivity contribution in [2.24, 2.45) is 4.40 Å². The van der Waals surface area contributed by atoms with Crippen molar-refractivity contribution in [2.45, 2.75) is 23.6 Å². The Morgan fingerprint density at radius 1 is 1.25 bits per heavy atom. The van der Waals surface area contributed by atoms with E-state index in [1.165, 1.54) is 17.3 Å². The minimum absolute atomic E-state index is 0.0522. The standard InChI is InChI=1S/C19H21Cl2N3O3S/c1-13(20)16-9-8-15(11-18(16)28(26,27)22-12-24(2)3)23-19(25)10-14-6-4-5-7-17(14)21/h4-9,11-13H,10H2,1-3H3,(H,23,25)/b22-12+. The Hall–Kier alpha value is -2.09. The lowest BCUT2D eigenvalue weighted by molar-refractivity contribution is -0.115. The van der Waals surface area contributed by atoms with Gasteiger partial charge in [-0.1, -0.05) is 35.9 Å². The lowest BCUT2D eigenvalue weighted by atomic mass is 10.1. The predicted molar refractivity (Wildman–Crippen MR) is 114 cm³/mol. The fourth-order valence-corrected chi connectivity index (χ4v) is 4.10. The van der Waals surface area contributed by atoms with Crippen molar-refractivity contribution >= 4 is 51.2 Å². The summed E-state index contributed by atoms with van der Waals surface area (Å²) in [6, 6.07) is 11.6. The van der Waals surface area contributed by atoms with Gasteiger partial charge in [0.1, 0.15) is 6.34 Å². The SMILES string of the molecule is CC(Cl)c1ccc(NC(=O)Cc2ccccc2Cl)cc1S(=O)(=O)/N=C/N(C)C. The molecule has 0 saturated carbocycles. The molecule has 0 aromatic heterocycles. The molecule has 9 heteroatoms. The van der Waals surface area contributed by atoms with Gasteiger partial charge in [-0.25, -0.2) is 0 Å². The second-order valence-electron chi connectivity index (χ2n) is 6.34. The summed E-state index contributed by atoms with van der Waals surface area (Å²) >= 11 is 12.2. The van der Waals surface area contributed by atoms with Gasteiger partial charge in [0.25, 0.3) is 10.0 Å². The van der Waals surface area contributed by atoms with Crippen LogP contribution in [0.1, 0.15) is 23.4 Å². The van der Waals surface area contributed by atoms with Crippen LogP contribution >= 0.6 is 23.2 Å². The number of carbonyl (C=O) groups is 1. The van der Waals surface area contributed by atoms with Gasteiger partial charge >= 0.3 is 0 Å². The molecule has 0 aliphatic heterocycles. The highest BCUT2D eigenvalue weighted by Gasteiger charge is 2.21. The predicted octanol–water partition coefficient (Wildman–Crippen LogP) is 4.10. The van der Waals surface area contributed by atoms with E-state index in [2.05, 4.69) is 9.71 Å². The molecule has 2 aromatic rings. The van der Waals surface area contributed by atoms with Gasteiger partial charge in [0, 0.05) is 24.8 Å². The monoisotopic (exact) mass is 441 g/mol. The molecular weight excluding hydrogens is 421 g/mol. The fourth-order valence-electron chi connectivity index (χ4n) is 2.40. The Bertz CT molecular complexity index is 990. The molecule has 1 unspecified atom stereocenters. The van der Waals surface area contributed by atoms with E-state index < -0.39 is 15.4 Å². The summed E-state index contributed by atoms with van der Waals surface area (Å²) < 4.78 is 28.9. The average Bonchev–Trinajstić information content (AvgIpc) is 2.62. The number of amides is 1. The van der Waals surface area contributed by atoms with Crippen LogP contribution in [0.5, 0.6) is 0 Å². The first-order valence-electron chi connectivity index (χ1n) is 8.38. The van der Waals surface area contributed by atoms with Crippen LogP contribution in [0.4, 0.5) is 5.69 Å². The maximum absolute atomic E-state index is 12.6. The summed E-state index contributed by atoms with van der Waals surface area (Å²) in [4.78, 5) is 13.8. The van der Waals surface area contributed by atoms with E-state index in [1.54, 1.807) is 57.4 Å². The van der Waals surface area contributed by atoms with Crippen molar-refractivity contribution in [3.05, 3.63) is 58.6 Å². The smallest absolute Gasteiger partial charge is 0.284 e. The molecule has 0 bridgehead atoms. The van der Waals surface area contributed by atoms with Crippen molar-refractivity contribution in [2.75, 3.05) is 19.4 Å². The van der Waals surface area contributed by atoms with Crippen LogP contribution in [0.2, 0.25) is 5.02 Å². The number of hydrogen-bond acceptors (Lipinski definition) is 3. The van der Waals surface area contributed by atoms with Crippen molar-refractivity contribution in [3.63, 3.8) is 0 Å². The lowest BCUT2D eigenvalue weighted by Crippen LogP contribution is -2.16. The molecule has 0 spiro atoms. The topological polar surface area (TPSA) is 78.8 Å². The molecule has 28 heavy (non-hydrogen) atoms. The maximum atomic E-state index is 12.6. The zero-order valence-electron chi connectivity index (χ0n) is 15.7. The van der Waals surface area contributed by atoms with Crippen LogP contribution in [0.3, 0.4) is 0 Å². The number of sulfonamides is 1. The second kappa shape index (κ2) is 9.41.